The van der Waals surface area contributed by atoms with E-state index >= 15 is 0 Å². The number of hydrogen-bond acceptors (Lipinski definition) is 0. The van der Waals surface area contributed by atoms with Crippen LogP contribution < -0.4 is 0 Å². The molecule has 3 atom stereocenters. The Morgan fingerprint density at radius 1 is 1.40 bits per heavy atom. The molecule has 2 aliphatic carbocycles. The molecule has 0 aromatic heterocycles. The third kappa shape index (κ3) is 0.817. The highest BCUT2D eigenvalue weighted by atomic mass is 14.5. The molecule has 0 saturated heterocycles. The molecule has 0 radical (unpaired) electrons. The van der Waals surface area contributed by atoms with Crippen molar-refractivity contribution < 1.29 is 0 Å². The van der Waals surface area contributed by atoms with Crippen molar-refractivity contribution in [1.29, 1.82) is 0 Å². The van der Waals surface area contributed by atoms with Gasteiger partial charge < -0.3 is 0 Å². The second kappa shape index (κ2) is 2.41. The summed E-state index contributed by atoms with van der Waals surface area (Å²) in [6.45, 7) is 3.80. The van der Waals surface area contributed by atoms with Gasteiger partial charge in [-0.3, -0.25) is 0 Å². The van der Waals surface area contributed by atoms with E-state index in [1.54, 1.807) is 0 Å². The first-order chi connectivity index (χ1) is 4.92. The molecule has 2 saturated carbocycles. The molecule has 0 amide bonds. The van der Waals surface area contributed by atoms with Gasteiger partial charge in [0, 0.05) is 0 Å². The third-order valence-electron chi connectivity index (χ3n) is 3.40. The topological polar surface area (TPSA) is 0 Å². The molecule has 0 aliphatic heterocycles. The SMILES string of the molecule is C=CCC1CC2CCCC12. The van der Waals surface area contributed by atoms with Crippen molar-refractivity contribution in [2.75, 3.05) is 0 Å². The first kappa shape index (κ1) is 6.45. The maximum Gasteiger partial charge on any atom is -0.0322 e. The minimum Gasteiger partial charge on any atom is -0.103 e. The smallest absolute Gasteiger partial charge is 0.0322 e. The Morgan fingerprint density at radius 3 is 3.00 bits per heavy atom. The number of allylic oxidation sites excluding steroid dienone is 1. The number of rotatable bonds is 2. The minimum absolute atomic E-state index is 1.03. The van der Waals surface area contributed by atoms with E-state index in [4.69, 9.17) is 0 Å². The number of fused-ring (bicyclic) bond motifs is 1. The second-order valence-corrected chi connectivity index (χ2v) is 3.87. The van der Waals surface area contributed by atoms with Crippen LogP contribution in [0.4, 0.5) is 0 Å². The van der Waals surface area contributed by atoms with E-state index in [-0.39, 0.29) is 0 Å². The average Bonchev–Trinajstić information content (AvgIpc) is 2.26. The van der Waals surface area contributed by atoms with E-state index in [2.05, 4.69) is 12.7 Å². The second-order valence-electron chi connectivity index (χ2n) is 3.87. The van der Waals surface area contributed by atoms with E-state index in [0.29, 0.717) is 0 Å². The van der Waals surface area contributed by atoms with Crippen LogP contribution in [0.25, 0.3) is 0 Å². The summed E-state index contributed by atoms with van der Waals surface area (Å²) >= 11 is 0. The molecule has 0 heterocycles. The van der Waals surface area contributed by atoms with E-state index in [1.807, 2.05) is 0 Å². The van der Waals surface area contributed by atoms with Crippen LogP contribution in [0.15, 0.2) is 12.7 Å². The third-order valence-corrected chi connectivity index (χ3v) is 3.40. The van der Waals surface area contributed by atoms with Crippen LogP contribution in [0.1, 0.15) is 32.1 Å². The van der Waals surface area contributed by atoms with Gasteiger partial charge in [-0.1, -0.05) is 18.9 Å². The van der Waals surface area contributed by atoms with Crippen LogP contribution in [0, 0.1) is 17.8 Å². The Bertz CT molecular complexity index is 137. The van der Waals surface area contributed by atoms with Crippen LogP contribution in [-0.4, -0.2) is 0 Å². The molecular weight excluding hydrogens is 120 g/mol. The Labute approximate surface area is 63.3 Å². The Hall–Kier alpha value is -0.260. The first-order valence-electron chi connectivity index (χ1n) is 4.52. The lowest BCUT2D eigenvalue weighted by Gasteiger charge is -2.40. The van der Waals surface area contributed by atoms with Crippen molar-refractivity contribution >= 4 is 0 Å². The van der Waals surface area contributed by atoms with Crippen molar-refractivity contribution in [2.24, 2.45) is 17.8 Å². The van der Waals surface area contributed by atoms with E-state index in [1.165, 1.54) is 32.1 Å². The molecule has 0 spiro atoms. The van der Waals surface area contributed by atoms with Gasteiger partial charge in [-0.15, -0.1) is 6.58 Å². The van der Waals surface area contributed by atoms with Crippen LogP contribution in [-0.2, 0) is 0 Å². The molecule has 2 rings (SSSR count). The summed E-state index contributed by atoms with van der Waals surface area (Å²) in [7, 11) is 0. The van der Waals surface area contributed by atoms with Crippen molar-refractivity contribution in [3.8, 4) is 0 Å². The average molecular weight is 136 g/mol. The summed E-state index contributed by atoms with van der Waals surface area (Å²) in [5, 5.41) is 0. The summed E-state index contributed by atoms with van der Waals surface area (Å²) in [6, 6.07) is 0. The largest absolute Gasteiger partial charge is 0.103 e. The van der Waals surface area contributed by atoms with Gasteiger partial charge in [0.1, 0.15) is 0 Å². The van der Waals surface area contributed by atoms with Crippen molar-refractivity contribution in [2.45, 2.75) is 32.1 Å². The van der Waals surface area contributed by atoms with Crippen molar-refractivity contribution in [1.82, 2.24) is 0 Å². The highest BCUT2D eigenvalue weighted by Crippen LogP contribution is 2.52. The number of hydrogen-bond donors (Lipinski definition) is 0. The fourth-order valence-corrected chi connectivity index (χ4v) is 2.83. The fourth-order valence-electron chi connectivity index (χ4n) is 2.83. The van der Waals surface area contributed by atoms with Crippen molar-refractivity contribution in [3.05, 3.63) is 12.7 Å². The van der Waals surface area contributed by atoms with Gasteiger partial charge in [0.2, 0.25) is 0 Å². The zero-order chi connectivity index (χ0) is 6.97. The van der Waals surface area contributed by atoms with E-state index < -0.39 is 0 Å². The summed E-state index contributed by atoms with van der Waals surface area (Å²) in [6.07, 6.45) is 9.43. The van der Waals surface area contributed by atoms with E-state index in [0.717, 1.165) is 17.8 Å². The van der Waals surface area contributed by atoms with Gasteiger partial charge in [-0.25, -0.2) is 0 Å². The highest BCUT2D eigenvalue weighted by Gasteiger charge is 2.42. The molecule has 0 heteroatoms. The summed E-state index contributed by atoms with van der Waals surface area (Å²) < 4.78 is 0. The molecule has 0 aromatic rings. The molecule has 56 valence electrons. The zero-order valence-corrected chi connectivity index (χ0v) is 6.55. The molecule has 0 nitrogen and oxygen atoms in total. The summed E-state index contributed by atoms with van der Waals surface area (Å²) in [4.78, 5) is 0. The maximum absolute atomic E-state index is 3.80. The predicted molar refractivity (Wildman–Crippen MR) is 43.8 cm³/mol. The lowest BCUT2D eigenvalue weighted by molar-refractivity contribution is 0.106. The molecule has 2 fully saturated rings. The Kier molecular flexibility index (Phi) is 1.55. The lowest BCUT2D eigenvalue weighted by Crippen LogP contribution is -2.31. The van der Waals surface area contributed by atoms with Gasteiger partial charge in [0.15, 0.2) is 0 Å². The molecule has 3 unspecified atom stereocenters. The molecule has 2 aliphatic rings. The van der Waals surface area contributed by atoms with Gasteiger partial charge in [-0.05, 0) is 37.0 Å². The van der Waals surface area contributed by atoms with Crippen LogP contribution in [0.3, 0.4) is 0 Å². The standard InChI is InChI=1S/C10H16/c1-2-4-8-7-9-5-3-6-10(8)9/h2,8-10H,1,3-7H2. The predicted octanol–water partition coefficient (Wildman–Crippen LogP) is 3.00. The first-order valence-corrected chi connectivity index (χ1v) is 4.52. The van der Waals surface area contributed by atoms with Gasteiger partial charge in [-0.2, -0.15) is 0 Å². The van der Waals surface area contributed by atoms with E-state index in [9.17, 15) is 0 Å². The maximum atomic E-state index is 3.80. The molecule has 0 bridgehead atoms. The van der Waals surface area contributed by atoms with Gasteiger partial charge in [0.25, 0.3) is 0 Å². The Morgan fingerprint density at radius 2 is 2.30 bits per heavy atom. The summed E-state index contributed by atoms with van der Waals surface area (Å²) in [5.74, 6) is 3.27. The molecular formula is C10H16. The molecule has 0 N–H and O–H groups in total. The normalized spacial score (nSPS) is 44.2. The quantitative estimate of drug-likeness (QED) is 0.512. The van der Waals surface area contributed by atoms with Crippen LogP contribution in [0.5, 0.6) is 0 Å². The van der Waals surface area contributed by atoms with Gasteiger partial charge >= 0.3 is 0 Å². The van der Waals surface area contributed by atoms with Gasteiger partial charge in [0.05, 0.1) is 0 Å². The summed E-state index contributed by atoms with van der Waals surface area (Å²) in [5.41, 5.74) is 0. The Balaban J connectivity index is 1.88. The molecule has 0 aromatic carbocycles. The molecule has 10 heavy (non-hydrogen) atoms. The fraction of sp³-hybridized carbons (Fsp3) is 0.800. The van der Waals surface area contributed by atoms with Crippen molar-refractivity contribution in [3.63, 3.8) is 0 Å². The van der Waals surface area contributed by atoms with Crippen LogP contribution >= 0.6 is 0 Å². The highest BCUT2D eigenvalue weighted by molar-refractivity contribution is 4.95. The lowest BCUT2D eigenvalue weighted by atomic mass is 9.65. The van der Waals surface area contributed by atoms with Crippen LogP contribution in [0.2, 0.25) is 0 Å². The minimum atomic E-state index is 1.03. The monoisotopic (exact) mass is 136 g/mol. The zero-order valence-electron chi connectivity index (χ0n) is 6.55.